The number of hydrogen-bond acceptors (Lipinski definition) is 0. The van der Waals surface area contributed by atoms with E-state index >= 15 is 0 Å². The van der Waals surface area contributed by atoms with E-state index in [1.807, 2.05) is 0 Å². The molecule has 0 N–H and O–H groups in total. The van der Waals surface area contributed by atoms with Crippen LogP contribution in [0.15, 0.2) is 6.07 Å². The van der Waals surface area contributed by atoms with Crippen LogP contribution in [0.3, 0.4) is 0 Å². The quantitative estimate of drug-likeness (QED) is 0.527. The molecule has 0 radical (unpaired) electrons. The van der Waals surface area contributed by atoms with Gasteiger partial charge >= 0.3 is 0 Å². The standard InChI is InChI=1S/C13H17/c1-8-5-6-12-10(3)7-9(2)11(4)13(8)12/h7H,5-6H2,1-4H3/q+1. The Morgan fingerprint density at radius 3 is 2.54 bits per heavy atom. The van der Waals surface area contributed by atoms with Crippen LogP contribution in [0.4, 0.5) is 0 Å². The van der Waals surface area contributed by atoms with Gasteiger partial charge in [-0.1, -0.05) is 0 Å². The minimum atomic E-state index is 1.26. The highest BCUT2D eigenvalue weighted by molar-refractivity contribution is 5.54. The minimum Gasteiger partial charge on any atom is -0.0292 e. The fourth-order valence-electron chi connectivity index (χ4n) is 2.48. The molecule has 0 saturated carbocycles. The maximum absolute atomic E-state index is 2.33. The van der Waals surface area contributed by atoms with E-state index in [0.717, 1.165) is 0 Å². The van der Waals surface area contributed by atoms with Gasteiger partial charge in [0.1, 0.15) is 5.56 Å². The van der Waals surface area contributed by atoms with Crippen LogP contribution in [0.1, 0.15) is 41.2 Å². The Hall–Kier alpha value is -0.910. The normalized spacial score (nSPS) is 14.9. The SMILES string of the molecule is Cc1cc(C)c2c(c1C)[C+](C)CC2. The molecule has 0 saturated heterocycles. The van der Waals surface area contributed by atoms with E-state index < -0.39 is 0 Å². The van der Waals surface area contributed by atoms with Crippen molar-refractivity contribution in [2.75, 3.05) is 0 Å². The van der Waals surface area contributed by atoms with Gasteiger partial charge in [-0.25, -0.2) is 0 Å². The number of rotatable bonds is 0. The van der Waals surface area contributed by atoms with Gasteiger partial charge in [0.05, 0.1) is 11.1 Å². The summed E-state index contributed by atoms with van der Waals surface area (Å²) in [6, 6.07) is 2.33. The summed E-state index contributed by atoms with van der Waals surface area (Å²) in [4.78, 5) is 0. The van der Waals surface area contributed by atoms with Crippen molar-refractivity contribution in [3.8, 4) is 0 Å². The maximum atomic E-state index is 2.33. The second-order valence-corrected chi connectivity index (χ2v) is 4.27. The predicted molar refractivity (Wildman–Crippen MR) is 57.0 cm³/mol. The summed E-state index contributed by atoms with van der Waals surface area (Å²) in [6.45, 7) is 8.98. The number of benzene rings is 1. The van der Waals surface area contributed by atoms with Gasteiger partial charge < -0.3 is 0 Å². The highest BCUT2D eigenvalue weighted by Crippen LogP contribution is 2.37. The molecule has 0 atom stereocenters. The topological polar surface area (TPSA) is 0 Å². The molecule has 0 fully saturated rings. The van der Waals surface area contributed by atoms with Crippen LogP contribution in [0, 0.1) is 26.7 Å². The van der Waals surface area contributed by atoms with E-state index in [9.17, 15) is 0 Å². The molecule has 0 aliphatic heterocycles. The Labute approximate surface area is 81.0 Å². The smallest absolute Gasteiger partial charge is 0.0292 e. The third kappa shape index (κ3) is 1.16. The predicted octanol–water partition coefficient (Wildman–Crippen LogP) is 3.50. The van der Waals surface area contributed by atoms with E-state index in [0.29, 0.717) is 0 Å². The fraction of sp³-hybridized carbons (Fsp3) is 0.462. The van der Waals surface area contributed by atoms with Gasteiger partial charge in [0.2, 0.25) is 0 Å². The Morgan fingerprint density at radius 1 is 1.15 bits per heavy atom. The van der Waals surface area contributed by atoms with Gasteiger partial charge in [-0.05, 0) is 19.9 Å². The average molecular weight is 173 g/mol. The summed E-state index contributed by atoms with van der Waals surface area (Å²) in [5.74, 6) is 1.58. The van der Waals surface area contributed by atoms with Crippen molar-refractivity contribution in [1.82, 2.24) is 0 Å². The highest BCUT2D eigenvalue weighted by atomic mass is 14.3. The van der Waals surface area contributed by atoms with Gasteiger partial charge in [-0.3, -0.25) is 0 Å². The fourth-order valence-corrected chi connectivity index (χ4v) is 2.48. The van der Waals surface area contributed by atoms with Crippen molar-refractivity contribution >= 4 is 0 Å². The summed E-state index contributed by atoms with van der Waals surface area (Å²) >= 11 is 0. The minimum absolute atomic E-state index is 1.26. The van der Waals surface area contributed by atoms with Gasteiger partial charge in [0, 0.05) is 43.7 Å². The lowest BCUT2D eigenvalue weighted by molar-refractivity contribution is 0.935. The van der Waals surface area contributed by atoms with Crippen LogP contribution in [-0.4, -0.2) is 0 Å². The molecular formula is C13H17+. The number of hydrogen-bond donors (Lipinski definition) is 0. The van der Waals surface area contributed by atoms with Crippen LogP contribution in [0.25, 0.3) is 0 Å². The second kappa shape index (κ2) is 2.80. The molecule has 13 heavy (non-hydrogen) atoms. The van der Waals surface area contributed by atoms with E-state index in [1.165, 1.54) is 29.5 Å². The van der Waals surface area contributed by atoms with Crippen molar-refractivity contribution in [1.29, 1.82) is 0 Å². The zero-order valence-electron chi connectivity index (χ0n) is 8.99. The van der Waals surface area contributed by atoms with Crippen LogP contribution in [-0.2, 0) is 6.42 Å². The number of fused-ring (bicyclic) bond motifs is 1. The molecule has 0 heterocycles. The molecule has 0 heteroatoms. The van der Waals surface area contributed by atoms with E-state index in [2.05, 4.69) is 33.8 Å². The number of aryl methyl sites for hydroxylation is 2. The van der Waals surface area contributed by atoms with E-state index in [-0.39, 0.29) is 0 Å². The zero-order valence-corrected chi connectivity index (χ0v) is 8.99. The van der Waals surface area contributed by atoms with Crippen LogP contribution in [0.5, 0.6) is 0 Å². The molecule has 2 rings (SSSR count). The van der Waals surface area contributed by atoms with E-state index in [4.69, 9.17) is 0 Å². The molecule has 1 aromatic carbocycles. The van der Waals surface area contributed by atoms with Crippen LogP contribution >= 0.6 is 0 Å². The van der Waals surface area contributed by atoms with Crippen molar-refractivity contribution in [3.63, 3.8) is 0 Å². The molecule has 0 nitrogen and oxygen atoms in total. The lowest BCUT2D eigenvalue weighted by Crippen LogP contribution is -1.97. The van der Waals surface area contributed by atoms with Gasteiger partial charge in [-0.2, -0.15) is 0 Å². The summed E-state index contributed by atoms with van der Waals surface area (Å²) in [5.41, 5.74) is 7.58. The Balaban J connectivity index is 2.70. The molecule has 0 amide bonds. The van der Waals surface area contributed by atoms with Crippen molar-refractivity contribution in [3.05, 3.63) is 39.8 Å². The van der Waals surface area contributed by atoms with Crippen LogP contribution in [0.2, 0.25) is 0 Å². The molecule has 0 spiro atoms. The van der Waals surface area contributed by atoms with Crippen molar-refractivity contribution in [2.24, 2.45) is 0 Å². The summed E-state index contributed by atoms with van der Waals surface area (Å²) in [7, 11) is 0. The summed E-state index contributed by atoms with van der Waals surface area (Å²) < 4.78 is 0. The Morgan fingerprint density at radius 2 is 1.85 bits per heavy atom. The highest BCUT2D eigenvalue weighted by Gasteiger charge is 2.31. The van der Waals surface area contributed by atoms with Crippen LogP contribution < -0.4 is 0 Å². The second-order valence-electron chi connectivity index (χ2n) is 4.27. The Bertz CT molecular complexity index is 348. The first kappa shape index (κ1) is 8.68. The Kier molecular flexibility index (Phi) is 1.87. The first-order valence-electron chi connectivity index (χ1n) is 5.03. The molecule has 68 valence electrons. The zero-order chi connectivity index (χ0) is 9.59. The first-order valence-corrected chi connectivity index (χ1v) is 5.03. The maximum Gasteiger partial charge on any atom is 0.138 e. The largest absolute Gasteiger partial charge is 0.138 e. The third-order valence-electron chi connectivity index (χ3n) is 3.35. The lowest BCUT2D eigenvalue weighted by Gasteiger charge is -2.04. The lowest BCUT2D eigenvalue weighted by atomic mass is 9.92. The summed E-state index contributed by atoms with van der Waals surface area (Å²) in [5, 5.41) is 0. The monoisotopic (exact) mass is 173 g/mol. The van der Waals surface area contributed by atoms with Crippen molar-refractivity contribution < 1.29 is 0 Å². The van der Waals surface area contributed by atoms with E-state index in [1.54, 1.807) is 17.0 Å². The average Bonchev–Trinajstić information content (AvgIpc) is 2.44. The molecule has 1 aliphatic carbocycles. The molecule has 1 aliphatic rings. The van der Waals surface area contributed by atoms with Gasteiger partial charge in [0.25, 0.3) is 0 Å². The molecule has 0 aromatic heterocycles. The molecule has 0 bridgehead atoms. The molecule has 1 aromatic rings. The molecular weight excluding hydrogens is 156 g/mol. The third-order valence-corrected chi connectivity index (χ3v) is 3.35. The molecule has 0 unspecified atom stereocenters. The van der Waals surface area contributed by atoms with Gasteiger partial charge in [0.15, 0.2) is 0 Å². The van der Waals surface area contributed by atoms with Gasteiger partial charge in [-0.15, -0.1) is 0 Å². The first-order chi connectivity index (χ1) is 6.11. The van der Waals surface area contributed by atoms with Crippen molar-refractivity contribution in [2.45, 2.75) is 40.5 Å². The summed E-state index contributed by atoms with van der Waals surface area (Å²) in [6.07, 6.45) is 2.52.